The normalized spacial score (nSPS) is 10.6. The summed E-state index contributed by atoms with van der Waals surface area (Å²) in [6.45, 7) is 6.09. The Labute approximate surface area is 125 Å². The van der Waals surface area contributed by atoms with Crippen LogP contribution in [0.5, 0.6) is 5.75 Å². The first kappa shape index (κ1) is 15.3. The summed E-state index contributed by atoms with van der Waals surface area (Å²) in [7, 11) is 1.65. The fourth-order valence-electron chi connectivity index (χ4n) is 2.42. The lowest BCUT2D eigenvalue weighted by atomic mass is 10.1. The Balaban J connectivity index is 2.55. The topological polar surface area (TPSA) is 43.3 Å². The number of ether oxygens (including phenoxy) is 1. The van der Waals surface area contributed by atoms with Crippen molar-refractivity contribution in [2.24, 2.45) is 0 Å². The van der Waals surface area contributed by atoms with Gasteiger partial charge < -0.3 is 14.6 Å². The van der Waals surface area contributed by atoms with Gasteiger partial charge in [-0.3, -0.25) is 4.79 Å². The minimum absolute atomic E-state index is 0.0573. The van der Waals surface area contributed by atoms with Crippen LogP contribution < -0.4 is 15.6 Å². The van der Waals surface area contributed by atoms with Gasteiger partial charge in [0.05, 0.1) is 12.8 Å². The molecule has 0 aliphatic carbocycles. The van der Waals surface area contributed by atoms with Crippen LogP contribution in [0.1, 0.15) is 19.4 Å². The van der Waals surface area contributed by atoms with Crippen LogP contribution in [-0.4, -0.2) is 18.2 Å². The molecular weight excluding hydrogens is 264 g/mol. The van der Waals surface area contributed by atoms with Gasteiger partial charge in [-0.25, -0.2) is 0 Å². The zero-order valence-electron chi connectivity index (χ0n) is 12.8. The monoisotopic (exact) mass is 286 g/mol. The highest BCUT2D eigenvalue weighted by molar-refractivity contribution is 5.67. The highest BCUT2D eigenvalue weighted by Crippen LogP contribution is 2.28. The third-order valence-corrected chi connectivity index (χ3v) is 3.52. The van der Waals surface area contributed by atoms with Crippen LogP contribution in [0.25, 0.3) is 11.3 Å². The molecule has 4 nitrogen and oxygen atoms in total. The molecule has 0 amide bonds. The highest BCUT2D eigenvalue weighted by atomic mass is 16.5. The molecule has 0 saturated carbocycles. The van der Waals surface area contributed by atoms with E-state index in [1.54, 1.807) is 11.7 Å². The lowest BCUT2D eigenvalue weighted by Gasteiger charge is -2.15. The smallest absolute Gasteiger partial charge is 0.255 e. The number of methoxy groups -OCH3 is 1. The number of pyridine rings is 1. The van der Waals surface area contributed by atoms with Crippen molar-refractivity contribution in [2.75, 3.05) is 13.7 Å². The molecule has 0 spiro atoms. The van der Waals surface area contributed by atoms with E-state index in [2.05, 4.69) is 5.32 Å². The van der Waals surface area contributed by atoms with E-state index in [9.17, 15) is 4.79 Å². The van der Waals surface area contributed by atoms with E-state index in [0.717, 1.165) is 29.1 Å². The standard InChI is InChI=1S/C17H22N2O2/c1-4-18-12-13-10-11-15(19(5-2)17(13)20)14-8-6-7-9-16(14)21-3/h6-11,18H,4-5,12H2,1-3H3. The Morgan fingerprint density at radius 2 is 1.90 bits per heavy atom. The minimum atomic E-state index is 0.0573. The zero-order valence-corrected chi connectivity index (χ0v) is 12.8. The van der Waals surface area contributed by atoms with Crippen LogP contribution in [0, 0.1) is 0 Å². The number of hydrogen-bond donors (Lipinski definition) is 1. The number of hydrogen-bond acceptors (Lipinski definition) is 3. The predicted octanol–water partition coefficient (Wildman–Crippen LogP) is 2.65. The van der Waals surface area contributed by atoms with E-state index in [4.69, 9.17) is 4.74 Å². The Hall–Kier alpha value is -2.07. The van der Waals surface area contributed by atoms with Gasteiger partial charge in [0.1, 0.15) is 5.75 Å². The SMILES string of the molecule is CCNCc1ccc(-c2ccccc2OC)n(CC)c1=O. The second-order valence-corrected chi connectivity index (χ2v) is 4.77. The third-order valence-electron chi connectivity index (χ3n) is 3.52. The van der Waals surface area contributed by atoms with Crippen LogP contribution in [0.15, 0.2) is 41.2 Å². The summed E-state index contributed by atoms with van der Waals surface area (Å²) in [6, 6.07) is 11.7. The van der Waals surface area contributed by atoms with Crippen molar-refractivity contribution in [2.45, 2.75) is 26.9 Å². The van der Waals surface area contributed by atoms with Gasteiger partial charge in [0.15, 0.2) is 0 Å². The summed E-state index contributed by atoms with van der Waals surface area (Å²) in [4.78, 5) is 12.6. The van der Waals surface area contributed by atoms with Gasteiger partial charge in [0.25, 0.3) is 5.56 Å². The van der Waals surface area contributed by atoms with Crippen LogP contribution in [0.3, 0.4) is 0 Å². The molecular formula is C17H22N2O2. The number of rotatable bonds is 6. The molecule has 0 radical (unpaired) electrons. The maximum atomic E-state index is 12.6. The molecule has 0 saturated heterocycles. The predicted molar refractivity (Wildman–Crippen MR) is 85.7 cm³/mol. The van der Waals surface area contributed by atoms with Crippen molar-refractivity contribution >= 4 is 0 Å². The van der Waals surface area contributed by atoms with Gasteiger partial charge >= 0.3 is 0 Å². The molecule has 0 atom stereocenters. The summed E-state index contributed by atoms with van der Waals surface area (Å²) in [6.07, 6.45) is 0. The maximum Gasteiger partial charge on any atom is 0.255 e. The van der Waals surface area contributed by atoms with E-state index < -0.39 is 0 Å². The van der Waals surface area contributed by atoms with Gasteiger partial charge in [-0.15, -0.1) is 0 Å². The van der Waals surface area contributed by atoms with Crippen molar-refractivity contribution in [3.8, 4) is 17.0 Å². The Kier molecular flexibility index (Phi) is 5.17. The second kappa shape index (κ2) is 7.09. The maximum absolute atomic E-state index is 12.6. The summed E-state index contributed by atoms with van der Waals surface area (Å²) >= 11 is 0. The molecule has 1 aromatic carbocycles. The van der Waals surface area contributed by atoms with Gasteiger partial charge in [-0.1, -0.05) is 25.1 Å². The van der Waals surface area contributed by atoms with Crippen molar-refractivity contribution < 1.29 is 4.74 Å². The van der Waals surface area contributed by atoms with Gasteiger partial charge in [0, 0.05) is 24.2 Å². The molecule has 1 aromatic heterocycles. The van der Waals surface area contributed by atoms with E-state index in [1.165, 1.54) is 0 Å². The molecule has 1 heterocycles. The van der Waals surface area contributed by atoms with Crippen LogP contribution in [0.4, 0.5) is 0 Å². The average Bonchev–Trinajstić information content (AvgIpc) is 2.53. The van der Waals surface area contributed by atoms with Crippen molar-refractivity contribution in [1.82, 2.24) is 9.88 Å². The molecule has 0 aliphatic heterocycles. The van der Waals surface area contributed by atoms with Crippen molar-refractivity contribution in [3.63, 3.8) is 0 Å². The fraction of sp³-hybridized carbons (Fsp3) is 0.353. The molecule has 2 rings (SSSR count). The number of nitrogens with zero attached hydrogens (tertiary/aromatic N) is 1. The van der Waals surface area contributed by atoms with E-state index in [1.807, 2.05) is 50.2 Å². The van der Waals surface area contributed by atoms with Gasteiger partial charge in [-0.05, 0) is 31.7 Å². The first-order valence-corrected chi connectivity index (χ1v) is 7.29. The molecule has 4 heteroatoms. The van der Waals surface area contributed by atoms with Crippen molar-refractivity contribution in [3.05, 3.63) is 52.3 Å². The molecule has 1 N–H and O–H groups in total. The first-order valence-electron chi connectivity index (χ1n) is 7.29. The third kappa shape index (κ3) is 3.16. The molecule has 112 valence electrons. The Morgan fingerprint density at radius 1 is 1.14 bits per heavy atom. The van der Waals surface area contributed by atoms with Crippen LogP contribution in [-0.2, 0) is 13.1 Å². The number of aromatic nitrogens is 1. The molecule has 0 bridgehead atoms. The Bertz CT molecular complexity index is 662. The largest absolute Gasteiger partial charge is 0.496 e. The van der Waals surface area contributed by atoms with E-state index >= 15 is 0 Å². The van der Waals surface area contributed by atoms with E-state index in [-0.39, 0.29) is 5.56 Å². The van der Waals surface area contributed by atoms with Crippen LogP contribution in [0.2, 0.25) is 0 Å². The van der Waals surface area contributed by atoms with Crippen molar-refractivity contribution in [1.29, 1.82) is 0 Å². The molecule has 2 aromatic rings. The summed E-state index contributed by atoms with van der Waals surface area (Å²) in [5.74, 6) is 0.776. The zero-order chi connectivity index (χ0) is 15.2. The van der Waals surface area contributed by atoms with E-state index in [0.29, 0.717) is 13.1 Å². The fourth-order valence-corrected chi connectivity index (χ4v) is 2.42. The average molecular weight is 286 g/mol. The summed E-state index contributed by atoms with van der Waals surface area (Å²) in [5.41, 5.74) is 2.67. The minimum Gasteiger partial charge on any atom is -0.496 e. The number of benzene rings is 1. The second-order valence-electron chi connectivity index (χ2n) is 4.77. The highest BCUT2D eigenvalue weighted by Gasteiger charge is 2.12. The van der Waals surface area contributed by atoms with Crippen LogP contribution >= 0.6 is 0 Å². The van der Waals surface area contributed by atoms with Gasteiger partial charge in [-0.2, -0.15) is 0 Å². The summed E-state index contributed by atoms with van der Waals surface area (Å²) < 4.78 is 7.20. The molecule has 0 unspecified atom stereocenters. The number of para-hydroxylation sites is 1. The van der Waals surface area contributed by atoms with Gasteiger partial charge in [0.2, 0.25) is 0 Å². The summed E-state index contributed by atoms with van der Waals surface area (Å²) in [5, 5.41) is 3.20. The lowest BCUT2D eigenvalue weighted by molar-refractivity contribution is 0.416. The quantitative estimate of drug-likeness (QED) is 0.888. The first-order chi connectivity index (χ1) is 10.2. The Morgan fingerprint density at radius 3 is 2.57 bits per heavy atom. The molecule has 0 fully saturated rings. The lowest BCUT2D eigenvalue weighted by Crippen LogP contribution is -2.27. The molecule has 0 aliphatic rings. The number of nitrogens with one attached hydrogen (secondary N) is 1. The molecule has 21 heavy (non-hydrogen) atoms.